The summed E-state index contributed by atoms with van der Waals surface area (Å²) >= 11 is 6.20. The van der Waals surface area contributed by atoms with Crippen LogP contribution in [0.5, 0.6) is 0 Å². The molecule has 17 heavy (non-hydrogen) atoms. The van der Waals surface area contributed by atoms with Crippen LogP contribution in [-0.4, -0.2) is 33.6 Å². The second kappa shape index (κ2) is 5.38. The van der Waals surface area contributed by atoms with Gasteiger partial charge in [-0.05, 0) is 26.7 Å². The van der Waals surface area contributed by atoms with Crippen molar-refractivity contribution in [1.29, 1.82) is 0 Å². The van der Waals surface area contributed by atoms with Crippen LogP contribution < -0.4 is 5.32 Å². The highest BCUT2D eigenvalue weighted by atomic mass is 35.5. The molecule has 1 heterocycles. The van der Waals surface area contributed by atoms with Crippen LogP contribution >= 0.6 is 11.6 Å². The molecule has 1 aromatic rings. The van der Waals surface area contributed by atoms with Gasteiger partial charge in [0.25, 0.3) is 0 Å². The van der Waals surface area contributed by atoms with Gasteiger partial charge in [-0.15, -0.1) is 0 Å². The van der Waals surface area contributed by atoms with Crippen LogP contribution in [0.3, 0.4) is 0 Å². The van der Waals surface area contributed by atoms with Gasteiger partial charge in [0.15, 0.2) is 0 Å². The van der Waals surface area contributed by atoms with E-state index in [1.54, 1.807) is 0 Å². The Morgan fingerprint density at radius 1 is 1.59 bits per heavy atom. The number of aliphatic hydroxyl groups excluding tert-OH is 1. The van der Waals surface area contributed by atoms with E-state index in [4.69, 9.17) is 11.6 Å². The van der Waals surface area contributed by atoms with Crippen molar-refractivity contribution in [3.05, 3.63) is 16.4 Å². The maximum Gasteiger partial charge on any atom is 0.0848 e. The minimum atomic E-state index is -0.394. The number of aliphatic hydroxyl groups is 1. The first kappa shape index (κ1) is 12.9. The molecule has 0 saturated heterocycles. The number of halogens is 1. The summed E-state index contributed by atoms with van der Waals surface area (Å²) in [4.78, 5) is 0. The van der Waals surface area contributed by atoms with Crippen molar-refractivity contribution >= 4 is 11.6 Å². The Labute approximate surface area is 107 Å². The molecule has 1 aromatic heterocycles. The second-order valence-electron chi connectivity index (χ2n) is 4.70. The lowest BCUT2D eigenvalue weighted by Gasteiger charge is -2.12. The second-order valence-corrected chi connectivity index (χ2v) is 5.08. The van der Waals surface area contributed by atoms with E-state index in [0.717, 1.165) is 17.9 Å². The topological polar surface area (TPSA) is 50.1 Å². The summed E-state index contributed by atoms with van der Waals surface area (Å²) < 4.78 is 1.87. The number of nitrogens with one attached hydrogen (secondary N) is 1. The molecule has 1 atom stereocenters. The van der Waals surface area contributed by atoms with E-state index >= 15 is 0 Å². The zero-order valence-electron chi connectivity index (χ0n) is 10.4. The first-order valence-electron chi connectivity index (χ1n) is 6.25. The minimum absolute atomic E-state index is 0.394. The van der Waals surface area contributed by atoms with Crippen molar-refractivity contribution in [1.82, 2.24) is 15.1 Å². The molecule has 0 aliphatic heterocycles. The third kappa shape index (κ3) is 3.21. The lowest BCUT2D eigenvalue weighted by Crippen LogP contribution is -2.30. The van der Waals surface area contributed by atoms with Crippen molar-refractivity contribution in [2.75, 3.05) is 6.54 Å². The van der Waals surface area contributed by atoms with Gasteiger partial charge in [-0.3, -0.25) is 4.68 Å². The smallest absolute Gasteiger partial charge is 0.0848 e. The molecule has 1 unspecified atom stereocenters. The summed E-state index contributed by atoms with van der Waals surface area (Å²) in [6.45, 7) is 5.34. The van der Waals surface area contributed by atoms with Crippen LogP contribution in [0.1, 0.15) is 31.2 Å². The summed E-state index contributed by atoms with van der Waals surface area (Å²) in [5.41, 5.74) is 1.78. The quantitative estimate of drug-likeness (QED) is 0.813. The van der Waals surface area contributed by atoms with Crippen LogP contribution in [0.4, 0.5) is 0 Å². The molecule has 4 nitrogen and oxygen atoms in total. The van der Waals surface area contributed by atoms with E-state index < -0.39 is 6.10 Å². The fourth-order valence-electron chi connectivity index (χ4n) is 1.95. The fraction of sp³-hybridized carbons (Fsp3) is 0.750. The van der Waals surface area contributed by atoms with E-state index in [1.165, 1.54) is 12.8 Å². The molecule has 0 aromatic carbocycles. The third-order valence-corrected chi connectivity index (χ3v) is 3.59. The molecule has 0 amide bonds. The van der Waals surface area contributed by atoms with E-state index in [9.17, 15) is 5.11 Å². The highest BCUT2D eigenvalue weighted by Gasteiger charge is 2.22. The monoisotopic (exact) mass is 257 g/mol. The van der Waals surface area contributed by atoms with Crippen molar-refractivity contribution in [3.63, 3.8) is 0 Å². The molecular weight excluding hydrogens is 238 g/mol. The van der Waals surface area contributed by atoms with Crippen LogP contribution in [0.2, 0.25) is 5.02 Å². The third-order valence-electron chi connectivity index (χ3n) is 3.10. The molecule has 1 saturated carbocycles. The lowest BCUT2D eigenvalue weighted by molar-refractivity contribution is 0.168. The highest BCUT2D eigenvalue weighted by molar-refractivity contribution is 6.31. The van der Waals surface area contributed by atoms with Gasteiger partial charge in [-0.2, -0.15) is 5.10 Å². The zero-order chi connectivity index (χ0) is 12.4. The minimum Gasteiger partial charge on any atom is -0.391 e. The Balaban J connectivity index is 1.95. The van der Waals surface area contributed by atoms with Gasteiger partial charge in [-0.1, -0.05) is 11.6 Å². The van der Waals surface area contributed by atoms with Gasteiger partial charge in [0, 0.05) is 25.6 Å². The average Bonchev–Trinajstić information content (AvgIpc) is 3.09. The van der Waals surface area contributed by atoms with Gasteiger partial charge < -0.3 is 10.4 Å². The molecule has 2 N–H and O–H groups in total. The van der Waals surface area contributed by atoms with Crippen LogP contribution in [0.15, 0.2) is 0 Å². The summed E-state index contributed by atoms with van der Waals surface area (Å²) in [5.74, 6) is 0. The number of hydrogen-bond acceptors (Lipinski definition) is 3. The zero-order valence-corrected chi connectivity index (χ0v) is 11.2. The fourth-order valence-corrected chi connectivity index (χ4v) is 2.16. The number of rotatable bonds is 6. The molecule has 0 bridgehead atoms. The Morgan fingerprint density at radius 3 is 2.88 bits per heavy atom. The molecule has 1 aliphatic rings. The van der Waals surface area contributed by atoms with Crippen LogP contribution in [0.25, 0.3) is 0 Å². The first-order chi connectivity index (χ1) is 8.11. The Morgan fingerprint density at radius 2 is 2.29 bits per heavy atom. The Hall–Kier alpha value is -0.580. The van der Waals surface area contributed by atoms with Crippen LogP contribution in [0, 0.1) is 6.92 Å². The maximum atomic E-state index is 9.97. The SMILES string of the molecule is CCn1nc(C)c(Cl)c1CC(O)CNC1CC1. The van der Waals surface area contributed by atoms with Crippen molar-refractivity contribution in [3.8, 4) is 0 Å². The molecule has 5 heteroatoms. The summed E-state index contributed by atoms with van der Waals surface area (Å²) in [6, 6.07) is 0.623. The molecule has 0 radical (unpaired) electrons. The largest absolute Gasteiger partial charge is 0.391 e. The number of aryl methyl sites for hydroxylation is 2. The predicted molar refractivity (Wildman–Crippen MR) is 68.4 cm³/mol. The molecule has 1 fully saturated rings. The molecule has 1 aliphatic carbocycles. The van der Waals surface area contributed by atoms with E-state index in [1.807, 2.05) is 18.5 Å². The first-order valence-corrected chi connectivity index (χ1v) is 6.62. The van der Waals surface area contributed by atoms with Crippen LogP contribution in [-0.2, 0) is 13.0 Å². The van der Waals surface area contributed by atoms with Crippen molar-refractivity contribution in [2.45, 2.75) is 51.8 Å². The van der Waals surface area contributed by atoms with Crippen molar-refractivity contribution < 1.29 is 5.11 Å². The molecule has 2 rings (SSSR count). The van der Waals surface area contributed by atoms with E-state index in [-0.39, 0.29) is 0 Å². The summed E-state index contributed by atoms with van der Waals surface area (Å²) in [6.07, 6.45) is 2.64. The van der Waals surface area contributed by atoms with Crippen molar-refractivity contribution in [2.24, 2.45) is 0 Å². The number of nitrogens with zero attached hydrogens (tertiary/aromatic N) is 2. The van der Waals surface area contributed by atoms with Gasteiger partial charge in [-0.25, -0.2) is 0 Å². The molecular formula is C12H20ClN3O. The number of hydrogen-bond donors (Lipinski definition) is 2. The maximum absolute atomic E-state index is 9.97. The lowest BCUT2D eigenvalue weighted by atomic mass is 10.2. The molecule has 0 spiro atoms. The highest BCUT2D eigenvalue weighted by Crippen LogP contribution is 2.22. The Bertz CT molecular complexity index is 387. The summed E-state index contributed by atoms with van der Waals surface area (Å²) in [5, 5.41) is 18.3. The standard InChI is InChI=1S/C12H20ClN3O/c1-3-16-11(12(13)8(2)15-16)6-10(17)7-14-9-4-5-9/h9-10,14,17H,3-7H2,1-2H3. The Kier molecular flexibility index (Phi) is 4.07. The predicted octanol–water partition coefficient (Wildman–Crippen LogP) is 1.52. The van der Waals surface area contributed by atoms with E-state index in [0.29, 0.717) is 24.0 Å². The molecule has 96 valence electrons. The number of aromatic nitrogens is 2. The summed E-state index contributed by atoms with van der Waals surface area (Å²) in [7, 11) is 0. The normalized spacial score (nSPS) is 17.4. The van der Waals surface area contributed by atoms with Gasteiger partial charge in [0.1, 0.15) is 0 Å². The van der Waals surface area contributed by atoms with Gasteiger partial charge in [0.05, 0.1) is 22.5 Å². The van der Waals surface area contributed by atoms with Gasteiger partial charge >= 0.3 is 0 Å². The van der Waals surface area contributed by atoms with E-state index in [2.05, 4.69) is 10.4 Å². The van der Waals surface area contributed by atoms with Gasteiger partial charge in [0.2, 0.25) is 0 Å². The average molecular weight is 258 g/mol.